The first-order valence-corrected chi connectivity index (χ1v) is 6.04. The van der Waals surface area contributed by atoms with Gasteiger partial charge in [0.2, 0.25) is 0 Å². The summed E-state index contributed by atoms with van der Waals surface area (Å²) < 4.78 is 37.8. The Kier molecular flexibility index (Phi) is 6.43. The predicted molar refractivity (Wildman–Crippen MR) is 59.5 cm³/mol. The fraction of sp³-hybridized carbons (Fsp3) is 0.273. The molecule has 4 nitrogen and oxygen atoms in total. The third-order valence-corrected chi connectivity index (χ3v) is 2.61. The molecule has 88 valence electrons. The van der Waals surface area contributed by atoms with Crippen LogP contribution in [0.25, 0.3) is 0 Å². The van der Waals surface area contributed by atoms with E-state index in [1.165, 1.54) is 12.1 Å². The zero-order chi connectivity index (χ0) is 12.3. The van der Waals surface area contributed by atoms with Crippen LogP contribution in [0.2, 0.25) is 0 Å². The van der Waals surface area contributed by atoms with Gasteiger partial charge in [0.25, 0.3) is 0 Å². The Bertz CT molecular complexity index is 508. The first-order chi connectivity index (χ1) is 7.29. The number of rotatable bonds is 4. The van der Waals surface area contributed by atoms with Crippen LogP contribution in [-0.2, 0) is 10.1 Å². The van der Waals surface area contributed by atoms with Gasteiger partial charge in [-0.25, -0.2) is 8.42 Å². The van der Waals surface area contributed by atoms with E-state index in [0.717, 1.165) is 5.57 Å². The Labute approximate surface area is 124 Å². The van der Waals surface area contributed by atoms with Gasteiger partial charge in [-0.2, -0.15) is 0 Å². The summed E-state index contributed by atoms with van der Waals surface area (Å²) in [4.78, 5) is -0.274. The molecule has 0 N–H and O–H groups in total. The van der Waals surface area contributed by atoms with Crippen molar-refractivity contribution in [1.29, 1.82) is 0 Å². The second-order valence-electron chi connectivity index (χ2n) is 3.68. The maximum absolute atomic E-state index is 10.8. The maximum atomic E-state index is 10.8. The standard InChI is InChI=1S/C11H14O4S.Na/c1-8(2)7-15-10-4-9(3)5-11(6-10)16(12,13)14;/h4-6H,1,7H2,2-3H3,(H,12,13,14);/q;+1/p-1. The fourth-order valence-corrected chi connectivity index (χ4v) is 1.74. The smallest absolute Gasteiger partial charge is 0.744 e. The van der Waals surface area contributed by atoms with Crippen molar-refractivity contribution in [2.24, 2.45) is 0 Å². The van der Waals surface area contributed by atoms with Crippen molar-refractivity contribution in [3.63, 3.8) is 0 Å². The van der Waals surface area contributed by atoms with Gasteiger partial charge in [0.1, 0.15) is 22.5 Å². The Hall–Kier alpha value is -0.330. The van der Waals surface area contributed by atoms with E-state index < -0.39 is 10.1 Å². The number of aryl methyl sites for hydroxylation is 1. The average Bonchev–Trinajstić information content (AvgIpc) is 2.12. The molecule has 0 atom stereocenters. The largest absolute Gasteiger partial charge is 1.00 e. The topological polar surface area (TPSA) is 66.4 Å². The van der Waals surface area contributed by atoms with Crippen LogP contribution in [0.4, 0.5) is 0 Å². The van der Waals surface area contributed by atoms with Crippen molar-refractivity contribution < 1.29 is 47.3 Å². The Morgan fingerprint density at radius 1 is 1.41 bits per heavy atom. The van der Waals surface area contributed by atoms with Crippen molar-refractivity contribution in [1.82, 2.24) is 0 Å². The molecule has 0 saturated carbocycles. The normalized spacial score (nSPS) is 10.5. The van der Waals surface area contributed by atoms with Crippen molar-refractivity contribution in [3.8, 4) is 5.75 Å². The number of hydrogen-bond donors (Lipinski definition) is 0. The van der Waals surface area contributed by atoms with Crippen LogP contribution in [0, 0.1) is 6.92 Å². The van der Waals surface area contributed by atoms with E-state index in [1.54, 1.807) is 19.9 Å². The van der Waals surface area contributed by atoms with E-state index >= 15 is 0 Å². The second-order valence-corrected chi connectivity index (χ2v) is 5.06. The molecule has 0 aliphatic rings. The van der Waals surface area contributed by atoms with Gasteiger partial charge >= 0.3 is 29.6 Å². The molecule has 0 spiro atoms. The van der Waals surface area contributed by atoms with E-state index in [9.17, 15) is 13.0 Å². The molecule has 0 radical (unpaired) electrons. The molecule has 17 heavy (non-hydrogen) atoms. The number of benzene rings is 1. The number of ether oxygens (including phenoxy) is 1. The molecule has 0 unspecified atom stereocenters. The molecule has 0 saturated heterocycles. The van der Waals surface area contributed by atoms with Gasteiger partial charge in [-0.3, -0.25) is 0 Å². The van der Waals surface area contributed by atoms with E-state index in [0.29, 0.717) is 17.9 Å². The SMILES string of the molecule is C=C(C)COc1cc(C)cc(S(=O)(=O)[O-])c1.[Na+]. The number of hydrogen-bond acceptors (Lipinski definition) is 4. The van der Waals surface area contributed by atoms with Crippen LogP contribution >= 0.6 is 0 Å². The zero-order valence-corrected chi connectivity index (χ0v) is 13.0. The molecule has 0 amide bonds. The summed E-state index contributed by atoms with van der Waals surface area (Å²) in [5, 5.41) is 0. The molecule has 1 rings (SSSR count). The average molecular weight is 264 g/mol. The van der Waals surface area contributed by atoms with E-state index in [-0.39, 0.29) is 34.5 Å². The van der Waals surface area contributed by atoms with Crippen LogP contribution < -0.4 is 34.3 Å². The minimum absolute atomic E-state index is 0. The van der Waals surface area contributed by atoms with Crippen LogP contribution in [0.15, 0.2) is 35.2 Å². The van der Waals surface area contributed by atoms with Crippen LogP contribution in [0.5, 0.6) is 5.75 Å². The molecule has 0 heterocycles. The van der Waals surface area contributed by atoms with Gasteiger partial charge in [0.05, 0.1) is 4.90 Å². The van der Waals surface area contributed by atoms with Gasteiger partial charge in [-0.05, 0) is 43.2 Å². The Morgan fingerprint density at radius 3 is 2.47 bits per heavy atom. The first-order valence-electron chi connectivity index (χ1n) is 4.64. The zero-order valence-electron chi connectivity index (χ0n) is 10.2. The summed E-state index contributed by atoms with van der Waals surface area (Å²) in [6.45, 7) is 7.44. The van der Waals surface area contributed by atoms with Gasteiger partial charge < -0.3 is 9.29 Å². The summed E-state index contributed by atoms with van der Waals surface area (Å²) in [5.41, 5.74) is 1.47. The molecule has 0 aliphatic carbocycles. The predicted octanol–water partition coefficient (Wildman–Crippen LogP) is -1.14. The molecule has 0 fully saturated rings. The molecule has 0 bridgehead atoms. The summed E-state index contributed by atoms with van der Waals surface area (Å²) in [6.07, 6.45) is 0. The quantitative estimate of drug-likeness (QED) is 0.391. The maximum Gasteiger partial charge on any atom is 1.00 e. The Balaban J connectivity index is 0.00000256. The molecule has 6 heteroatoms. The van der Waals surface area contributed by atoms with E-state index in [2.05, 4.69) is 6.58 Å². The minimum atomic E-state index is -4.44. The van der Waals surface area contributed by atoms with Crippen LogP contribution in [0.1, 0.15) is 12.5 Å². The molecule has 1 aromatic rings. The van der Waals surface area contributed by atoms with Gasteiger partial charge in [0.15, 0.2) is 0 Å². The van der Waals surface area contributed by atoms with Crippen molar-refractivity contribution in [3.05, 3.63) is 35.9 Å². The molecule has 1 aromatic carbocycles. The van der Waals surface area contributed by atoms with Gasteiger partial charge in [0, 0.05) is 0 Å². The molecular weight excluding hydrogens is 251 g/mol. The van der Waals surface area contributed by atoms with E-state index in [4.69, 9.17) is 4.74 Å². The summed E-state index contributed by atoms with van der Waals surface area (Å²) in [7, 11) is -4.44. The van der Waals surface area contributed by atoms with Crippen LogP contribution in [-0.4, -0.2) is 19.6 Å². The van der Waals surface area contributed by atoms with Crippen LogP contribution in [0.3, 0.4) is 0 Å². The first kappa shape index (κ1) is 16.7. The molecule has 0 aromatic heterocycles. The minimum Gasteiger partial charge on any atom is -0.744 e. The van der Waals surface area contributed by atoms with Crippen molar-refractivity contribution in [2.45, 2.75) is 18.7 Å². The van der Waals surface area contributed by atoms with Gasteiger partial charge in [-0.15, -0.1) is 0 Å². The van der Waals surface area contributed by atoms with Crippen molar-refractivity contribution in [2.75, 3.05) is 6.61 Å². The third-order valence-electron chi connectivity index (χ3n) is 1.80. The monoisotopic (exact) mass is 264 g/mol. The fourth-order valence-electron chi connectivity index (χ4n) is 1.15. The molecular formula is C11H13NaO4S. The third kappa shape index (κ3) is 5.70. The van der Waals surface area contributed by atoms with Gasteiger partial charge in [-0.1, -0.05) is 6.58 Å². The molecule has 0 aliphatic heterocycles. The summed E-state index contributed by atoms with van der Waals surface area (Å²) >= 11 is 0. The summed E-state index contributed by atoms with van der Waals surface area (Å²) in [5.74, 6) is 0.359. The van der Waals surface area contributed by atoms with Crippen molar-refractivity contribution >= 4 is 10.1 Å². The van der Waals surface area contributed by atoms with E-state index in [1.807, 2.05) is 0 Å². The second kappa shape index (κ2) is 6.56. The summed E-state index contributed by atoms with van der Waals surface area (Å²) in [6, 6.07) is 4.20. The Morgan fingerprint density at radius 2 is 2.00 bits per heavy atom.